The fourth-order valence-electron chi connectivity index (χ4n) is 8.09. The fraction of sp³-hybridized carbons (Fsp3) is 0.211. The SMILES string of the molecule is c1ccc2c(c1)Cc1cc(N(c3ccc(C4CC5CCC4C5)cc3)c3ccc4oc5ccccc5c4c3)ccc1-2. The number of anilines is 3. The molecule has 40 heavy (non-hydrogen) atoms. The second-order valence-electron chi connectivity index (χ2n) is 12.2. The highest BCUT2D eigenvalue weighted by Crippen LogP contribution is 2.53. The maximum Gasteiger partial charge on any atom is 0.135 e. The molecule has 0 spiro atoms. The number of benzene rings is 5. The Labute approximate surface area is 234 Å². The predicted octanol–water partition coefficient (Wildman–Crippen LogP) is 10.5. The molecule has 2 heteroatoms. The highest BCUT2D eigenvalue weighted by atomic mass is 16.3. The third-order valence-corrected chi connectivity index (χ3v) is 9.97. The average Bonchev–Trinajstić information content (AvgIpc) is 3.79. The van der Waals surface area contributed by atoms with E-state index in [1.807, 2.05) is 6.07 Å². The first-order valence-corrected chi connectivity index (χ1v) is 14.8. The summed E-state index contributed by atoms with van der Waals surface area (Å²) in [4.78, 5) is 2.43. The van der Waals surface area contributed by atoms with Gasteiger partial charge in [0.1, 0.15) is 11.2 Å². The number of hydrogen-bond donors (Lipinski definition) is 0. The second kappa shape index (κ2) is 8.60. The van der Waals surface area contributed by atoms with Gasteiger partial charge in [-0.05, 0) is 120 Å². The molecular formula is C38H31NO. The van der Waals surface area contributed by atoms with Crippen molar-refractivity contribution in [1.82, 2.24) is 0 Å². The lowest BCUT2D eigenvalue weighted by Gasteiger charge is -2.27. The zero-order valence-corrected chi connectivity index (χ0v) is 22.5. The Hall–Kier alpha value is -4.30. The highest BCUT2D eigenvalue weighted by molar-refractivity contribution is 6.06. The van der Waals surface area contributed by atoms with E-state index in [0.717, 1.165) is 51.8 Å². The number of nitrogens with zero attached hydrogens (tertiary/aromatic N) is 1. The van der Waals surface area contributed by atoms with Crippen LogP contribution in [0.3, 0.4) is 0 Å². The number of para-hydroxylation sites is 1. The molecule has 1 heterocycles. The zero-order valence-electron chi connectivity index (χ0n) is 22.5. The molecule has 3 aliphatic carbocycles. The van der Waals surface area contributed by atoms with Gasteiger partial charge in [0.2, 0.25) is 0 Å². The Kier molecular flexibility index (Phi) is 4.84. The Morgan fingerprint density at radius 3 is 2.20 bits per heavy atom. The Morgan fingerprint density at radius 2 is 1.32 bits per heavy atom. The van der Waals surface area contributed by atoms with Crippen molar-refractivity contribution < 1.29 is 4.42 Å². The van der Waals surface area contributed by atoms with Gasteiger partial charge >= 0.3 is 0 Å². The van der Waals surface area contributed by atoms with Crippen LogP contribution in [-0.4, -0.2) is 0 Å². The molecule has 0 radical (unpaired) electrons. The molecule has 3 aliphatic rings. The Balaban J connectivity index is 1.17. The Bertz CT molecular complexity index is 1910. The minimum absolute atomic E-state index is 0.744. The zero-order chi connectivity index (χ0) is 26.2. The molecule has 0 amide bonds. The quantitative estimate of drug-likeness (QED) is 0.231. The third-order valence-electron chi connectivity index (χ3n) is 9.97. The van der Waals surface area contributed by atoms with Crippen molar-refractivity contribution in [3.63, 3.8) is 0 Å². The van der Waals surface area contributed by atoms with Crippen LogP contribution in [0.5, 0.6) is 0 Å². The standard InChI is InChI=1S/C38H31NO/c1-2-6-32-26(5-1)21-28-22-30(15-17-33(28)32)39(29-13-11-25(12-14-29)35-20-24-9-10-27(35)19-24)31-16-18-38-36(23-31)34-7-3-4-8-37(34)40-38/h1-8,11-18,22-24,27,35H,9-10,19-21H2. The van der Waals surface area contributed by atoms with Crippen molar-refractivity contribution in [3.8, 4) is 11.1 Å². The van der Waals surface area contributed by atoms with Gasteiger partial charge in [0.15, 0.2) is 0 Å². The van der Waals surface area contributed by atoms with Crippen LogP contribution in [0.15, 0.2) is 114 Å². The van der Waals surface area contributed by atoms with E-state index < -0.39 is 0 Å². The minimum atomic E-state index is 0.744. The van der Waals surface area contributed by atoms with Gasteiger partial charge in [0.05, 0.1) is 0 Å². The van der Waals surface area contributed by atoms with Crippen molar-refractivity contribution >= 4 is 39.0 Å². The number of furan rings is 1. The molecule has 2 fully saturated rings. The van der Waals surface area contributed by atoms with Gasteiger partial charge in [0.25, 0.3) is 0 Å². The van der Waals surface area contributed by atoms with Gasteiger partial charge in [-0.2, -0.15) is 0 Å². The molecule has 0 N–H and O–H groups in total. The molecule has 3 atom stereocenters. The lowest BCUT2D eigenvalue weighted by atomic mass is 9.83. The summed E-state index contributed by atoms with van der Waals surface area (Å²) in [6, 6.07) is 40.3. The highest BCUT2D eigenvalue weighted by Gasteiger charge is 2.40. The molecule has 0 aliphatic heterocycles. The van der Waals surface area contributed by atoms with Crippen molar-refractivity contribution in [2.24, 2.45) is 11.8 Å². The van der Waals surface area contributed by atoms with E-state index in [9.17, 15) is 0 Å². The summed E-state index contributed by atoms with van der Waals surface area (Å²) >= 11 is 0. The summed E-state index contributed by atoms with van der Waals surface area (Å²) in [5.41, 5.74) is 12.5. The number of hydrogen-bond acceptors (Lipinski definition) is 2. The van der Waals surface area contributed by atoms with Crippen molar-refractivity contribution in [2.45, 2.75) is 38.0 Å². The van der Waals surface area contributed by atoms with E-state index >= 15 is 0 Å². The predicted molar refractivity (Wildman–Crippen MR) is 165 cm³/mol. The number of rotatable bonds is 4. The summed E-state index contributed by atoms with van der Waals surface area (Å²) in [6.45, 7) is 0. The first-order chi connectivity index (χ1) is 19.8. The van der Waals surface area contributed by atoms with Gasteiger partial charge in [-0.15, -0.1) is 0 Å². The lowest BCUT2D eigenvalue weighted by Crippen LogP contribution is -2.12. The summed E-state index contributed by atoms with van der Waals surface area (Å²) < 4.78 is 6.17. The van der Waals surface area contributed by atoms with Gasteiger partial charge in [0, 0.05) is 27.8 Å². The van der Waals surface area contributed by atoms with Gasteiger partial charge < -0.3 is 9.32 Å². The fourth-order valence-corrected chi connectivity index (χ4v) is 8.09. The largest absolute Gasteiger partial charge is 0.456 e. The van der Waals surface area contributed by atoms with Crippen LogP contribution in [0.25, 0.3) is 33.1 Å². The molecule has 9 rings (SSSR count). The van der Waals surface area contributed by atoms with Crippen LogP contribution in [0, 0.1) is 11.8 Å². The first kappa shape index (κ1) is 22.5. The molecule has 5 aromatic carbocycles. The molecule has 6 aromatic rings. The van der Waals surface area contributed by atoms with Gasteiger partial charge in [-0.3, -0.25) is 0 Å². The van der Waals surface area contributed by atoms with Crippen LogP contribution in [-0.2, 0) is 6.42 Å². The molecule has 194 valence electrons. The van der Waals surface area contributed by atoms with E-state index in [1.165, 1.54) is 64.9 Å². The van der Waals surface area contributed by atoms with Crippen LogP contribution in [0.1, 0.15) is 48.3 Å². The normalized spacial score (nSPS) is 20.8. The third kappa shape index (κ3) is 3.42. The minimum Gasteiger partial charge on any atom is -0.456 e. The van der Waals surface area contributed by atoms with Crippen molar-refractivity contribution in [3.05, 3.63) is 126 Å². The summed E-state index contributed by atoms with van der Waals surface area (Å²) in [7, 11) is 0. The molecule has 2 saturated carbocycles. The van der Waals surface area contributed by atoms with E-state index in [-0.39, 0.29) is 0 Å². The van der Waals surface area contributed by atoms with Crippen molar-refractivity contribution in [1.29, 1.82) is 0 Å². The van der Waals surface area contributed by atoms with Crippen LogP contribution >= 0.6 is 0 Å². The first-order valence-electron chi connectivity index (χ1n) is 14.8. The molecule has 2 bridgehead atoms. The second-order valence-corrected chi connectivity index (χ2v) is 12.2. The van der Waals surface area contributed by atoms with E-state index in [1.54, 1.807) is 0 Å². The lowest BCUT2D eigenvalue weighted by molar-refractivity contribution is 0.420. The topological polar surface area (TPSA) is 16.4 Å². The summed E-state index contributed by atoms with van der Waals surface area (Å²) in [5, 5.41) is 2.32. The molecular weight excluding hydrogens is 486 g/mol. The van der Waals surface area contributed by atoms with E-state index in [2.05, 4.69) is 108 Å². The van der Waals surface area contributed by atoms with Crippen LogP contribution < -0.4 is 4.90 Å². The van der Waals surface area contributed by atoms with Gasteiger partial charge in [-0.25, -0.2) is 0 Å². The van der Waals surface area contributed by atoms with Gasteiger partial charge in [-0.1, -0.05) is 67.1 Å². The maximum atomic E-state index is 6.17. The molecule has 0 saturated heterocycles. The van der Waals surface area contributed by atoms with Crippen LogP contribution in [0.4, 0.5) is 17.1 Å². The maximum absolute atomic E-state index is 6.17. The summed E-state index contributed by atoms with van der Waals surface area (Å²) in [5.74, 6) is 2.59. The number of fused-ring (bicyclic) bond motifs is 8. The molecule has 2 nitrogen and oxygen atoms in total. The van der Waals surface area contributed by atoms with Crippen molar-refractivity contribution in [2.75, 3.05) is 4.90 Å². The van der Waals surface area contributed by atoms with E-state index in [4.69, 9.17) is 4.42 Å². The van der Waals surface area contributed by atoms with Crippen LogP contribution in [0.2, 0.25) is 0 Å². The average molecular weight is 518 g/mol. The monoisotopic (exact) mass is 517 g/mol. The molecule has 3 unspecified atom stereocenters. The smallest absolute Gasteiger partial charge is 0.135 e. The summed E-state index contributed by atoms with van der Waals surface area (Å²) in [6.07, 6.45) is 6.67. The van der Waals surface area contributed by atoms with E-state index in [0.29, 0.717) is 0 Å². The Morgan fingerprint density at radius 1 is 0.575 bits per heavy atom. The molecule has 1 aromatic heterocycles.